The molecule has 37 heavy (non-hydrogen) atoms. The Labute approximate surface area is 222 Å². The van der Waals surface area contributed by atoms with E-state index in [-0.39, 0.29) is 24.7 Å². The number of carboxylic acid groups (broad SMARTS) is 1. The van der Waals surface area contributed by atoms with Crippen molar-refractivity contribution in [1.82, 2.24) is 15.1 Å². The molecular formula is C29H31ClN4O3. The number of nitrogens with one attached hydrogen (secondary N) is 1. The number of aromatic nitrogens is 3. The first-order valence-electron chi connectivity index (χ1n) is 12.6. The molecule has 3 heterocycles. The van der Waals surface area contributed by atoms with Gasteiger partial charge in [0.25, 0.3) is 0 Å². The highest BCUT2D eigenvalue weighted by Gasteiger charge is 2.20. The smallest absolute Gasteiger partial charge is 0.303 e. The Bertz CT molecular complexity index is 1310. The van der Waals surface area contributed by atoms with Gasteiger partial charge in [-0.3, -0.25) is 4.79 Å². The number of hydrogen-bond acceptors (Lipinski definition) is 6. The van der Waals surface area contributed by atoms with E-state index in [2.05, 4.69) is 39.7 Å². The van der Waals surface area contributed by atoms with E-state index in [1.54, 1.807) is 0 Å². The third-order valence-corrected chi connectivity index (χ3v) is 6.63. The summed E-state index contributed by atoms with van der Waals surface area (Å²) in [6.45, 7) is 0.981. The van der Waals surface area contributed by atoms with Gasteiger partial charge in [0.2, 0.25) is 5.89 Å². The molecule has 0 fully saturated rings. The molecule has 0 radical (unpaired) electrons. The molecule has 0 bridgehead atoms. The largest absolute Gasteiger partial charge is 0.481 e. The van der Waals surface area contributed by atoms with Crippen molar-refractivity contribution in [2.24, 2.45) is 0 Å². The zero-order valence-electron chi connectivity index (χ0n) is 20.6. The summed E-state index contributed by atoms with van der Waals surface area (Å²) < 4.78 is 5.49. The average Bonchev–Trinajstić information content (AvgIpc) is 3.36. The van der Waals surface area contributed by atoms with Crippen molar-refractivity contribution in [2.45, 2.75) is 50.9 Å². The van der Waals surface area contributed by atoms with Crippen molar-refractivity contribution in [2.75, 3.05) is 11.9 Å². The Morgan fingerprint density at radius 3 is 2.54 bits per heavy atom. The normalized spacial score (nSPS) is 13.2. The summed E-state index contributed by atoms with van der Waals surface area (Å²) in [7, 11) is 0. The lowest BCUT2D eigenvalue weighted by Crippen LogP contribution is -2.14. The summed E-state index contributed by atoms with van der Waals surface area (Å²) in [6, 6.07) is 22.4. The fourth-order valence-corrected chi connectivity index (χ4v) is 4.72. The number of rotatable bonds is 10. The lowest BCUT2D eigenvalue weighted by atomic mass is 9.91. The van der Waals surface area contributed by atoms with Gasteiger partial charge in [-0.1, -0.05) is 65.8 Å². The van der Waals surface area contributed by atoms with E-state index >= 15 is 0 Å². The number of nitrogens with zero attached hydrogens (tertiary/aromatic N) is 3. The monoisotopic (exact) mass is 518 g/mol. The number of carboxylic acids is 1. The minimum absolute atomic E-state index is 0. The molecule has 192 valence electrons. The third-order valence-electron chi connectivity index (χ3n) is 6.63. The number of aryl methyl sites for hydroxylation is 3. The number of fused-ring (bicyclic) bond motifs is 1. The second-order valence-electron chi connectivity index (χ2n) is 9.29. The summed E-state index contributed by atoms with van der Waals surface area (Å²) in [5, 5.41) is 17.0. The number of pyridine rings is 1. The first kappa shape index (κ1) is 26.4. The molecule has 0 saturated heterocycles. The van der Waals surface area contributed by atoms with Gasteiger partial charge in [0, 0.05) is 31.0 Å². The molecule has 1 aliphatic heterocycles. The van der Waals surface area contributed by atoms with Gasteiger partial charge < -0.3 is 14.9 Å². The van der Waals surface area contributed by atoms with E-state index in [0.29, 0.717) is 24.6 Å². The van der Waals surface area contributed by atoms with Gasteiger partial charge >= 0.3 is 5.97 Å². The molecule has 0 amide bonds. The first-order valence-corrected chi connectivity index (χ1v) is 12.6. The second-order valence-corrected chi connectivity index (χ2v) is 9.29. The van der Waals surface area contributed by atoms with Crippen LogP contribution in [0.4, 0.5) is 5.82 Å². The highest BCUT2D eigenvalue weighted by atomic mass is 35.5. The maximum absolute atomic E-state index is 11.6. The lowest BCUT2D eigenvalue weighted by molar-refractivity contribution is -0.137. The molecule has 1 atom stereocenters. The molecule has 2 aromatic carbocycles. The fourth-order valence-electron chi connectivity index (χ4n) is 4.72. The summed E-state index contributed by atoms with van der Waals surface area (Å²) in [4.78, 5) is 20.8. The first-order chi connectivity index (χ1) is 17.6. The number of benzene rings is 2. The van der Waals surface area contributed by atoms with Gasteiger partial charge in [-0.05, 0) is 54.0 Å². The maximum Gasteiger partial charge on any atom is 0.303 e. The van der Waals surface area contributed by atoms with Crippen LogP contribution in [0.25, 0.3) is 11.1 Å². The highest BCUT2D eigenvalue weighted by Crippen LogP contribution is 2.27. The molecule has 0 spiro atoms. The Morgan fingerprint density at radius 2 is 1.76 bits per heavy atom. The predicted molar refractivity (Wildman–Crippen MR) is 145 cm³/mol. The quantitative estimate of drug-likeness (QED) is 0.270. The molecule has 0 aliphatic carbocycles. The Kier molecular flexibility index (Phi) is 8.90. The molecule has 5 rings (SSSR count). The van der Waals surface area contributed by atoms with Gasteiger partial charge in [0.1, 0.15) is 5.82 Å². The number of halogens is 1. The summed E-state index contributed by atoms with van der Waals surface area (Å²) >= 11 is 0. The van der Waals surface area contributed by atoms with E-state index in [1.807, 2.05) is 42.5 Å². The van der Waals surface area contributed by atoms with E-state index in [9.17, 15) is 9.90 Å². The SMILES string of the molecule is Cl.O=C(O)CC(Cc1nc(CCCc2ccc3c(n2)NCCC3)no1)c1ccc(-c2ccccc2)cc1. The van der Waals surface area contributed by atoms with Crippen LogP contribution in [-0.4, -0.2) is 32.7 Å². The predicted octanol–water partition coefficient (Wildman–Crippen LogP) is 5.89. The topological polar surface area (TPSA) is 101 Å². The molecule has 2 aromatic heterocycles. The standard InChI is InChI=1S/C29H30N4O3.ClH/c34-28(35)19-24(22-13-11-21(12-14-22)20-6-2-1-3-7-20)18-27-32-26(33-36-27)10-4-9-25-16-15-23-8-5-17-30-29(23)31-25;/h1-3,6-7,11-16,24H,4-5,8-10,17-19H2,(H,30,31)(H,34,35);1H. The van der Waals surface area contributed by atoms with Crippen LogP contribution in [0.1, 0.15) is 53.7 Å². The van der Waals surface area contributed by atoms with Gasteiger partial charge in [0.05, 0.1) is 6.42 Å². The minimum Gasteiger partial charge on any atom is -0.481 e. The zero-order valence-corrected chi connectivity index (χ0v) is 21.4. The average molecular weight is 519 g/mol. The number of aliphatic carboxylic acids is 1. The third kappa shape index (κ3) is 6.95. The molecule has 8 heteroatoms. The Morgan fingerprint density at radius 1 is 0.973 bits per heavy atom. The number of hydrogen-bond donors (Lipinski definition) is 2. The lowest BCUT2D eigenvalue weighted by Gasteiger charge is -2.17. The Hall–Kier alpha value is -3.71. The molecular weight excluding hydrogens is 488 g/mol. The van der Waals surface area contributed by atoms with Crippen LogP contribution in [0.2, 0.25) is 0 Å². The van der Waals surface area contributed by atoms with Crippen molar-refractivity contribution in [3.05, 3.63) is 95.3 Å². The van der Waals surface area contributed by atoms with Crippen LogP contribution in [0.15, 0.2) is 71.3 Å². The van der Waals surface area contributed by atoms with Crippen LogP contribution >= 0.6 is 12.4 Å². The van der Waals surface area contributed by atoms with Crippen LogP contribution in [0, 0.1) is 0 Å². The molecule has 1 unspecified atom stereocenters. The minimum atomic E-state index is -0.848. The fraction of sp³-hybridized carbons (Fsp3) is 0.310. The molecule has 0 saturated carbocycles. The van der Waals surface area contributed by atoms with E-state index in [1.165, 1.54) is 5.56 Å². The molecule has 1 aliphatic rings. The van der Waals surface area contributed by atoms with E-state index < -0.39 is 5.97 Å². The summed E-state index contributed by atoms with van der Waals surface area (Å²) in [5.74, 6) is 1.04. The van der Waals surface area contributed by atoms with E-state index in [4.69, 9.17) is 9.51 Å². The van der Waals surface area contributed by atoms with Crippen molar-refractivity contribution in [1.29, 1.82) is 0 Å². The summed E-state index contributed by atoms with van der Waals surface area (Å²) in [6.07, 6.45) is 5.02. The second kappa shape index (κ2) is 12.5. The van der Waals surface area contributed by atoms with Crippen LogP contribution in [-0.2, 0) is 30.5 Å². The van der Waals surface area contributed by atoms with Gasteiger partial charge in [-0.25, -0.2) is 4.98 Å². The van der Waals surface area contributed by atoms with Gasteiger partial charge in [-0.15, -0.1) is 12.4 Å². The number of anilines is 1. The van der Waals surface area contributed by atoms with Crippen LogP contribution in [0.5, 0.6) is 0 Å². The highest BCUT2D eigenvalue weighted by molar-refractivity contribution is 5.85. The molecule has 2 N–H and O–H groups in total. The molecule has 7 nitrogen and oxygen atoms in total. The Balaban J connectivity index is 0.00000320. The molecule has 4 aromatic rings. The van der Waals surface area contributed by atoms with Crippen molar-refractivity contribution in [3.8, 4) is 11.1 Å². The maximum atomic E-state index is 11.6. The van der Waals surface area contributed by atoms with Crippen molar-refractivity contribution in [3.63, 3.8) is 0 Å². The van der Waals surface area contributed by atoms with Gasteiger partial charge in [0.15, 0.2) is 5.82 Å². The summed E-state index contributed by atoms with van der Waals surface area (Å²) in [5.41, 5.74) is 5.52. The van der Waals surface area contributed by atoms with Crippen LogP contribution < -0.4 is 5.32 Å². The van der Waals surface area contributed by atoms with Gasteiger partial charge in [-0.2, -0.15) is 4.98 Å². The van der Waals surface area contributed by atoms with Crippen molar-refractivity contribution >= 4 is 24.2 Å². The zero-order chi connectivity index (χ0) is 24.7. The van der Waals surface area contributed by atoms with Crippen molar-refractivity contribution < 1.29 is 14.4 Å². The number of carbonyl (C=O) groups is 1. The van der Waals surface area contributed by atoms with E-state index in [0.717, 1.165) is 60.4 Å². The van der Waals surface area contributed by atoms with Crippen LogP contribution in [0.3, 0.4) is 0 Å².